The maximum absolute atomic E-state index is 5.53. The van der Waals surface area contributed by atoms with E-state index < -0.39 is 0 Å². The molecule has 0 bridgehead atoms. The van der Waals surface area contributed by atoms with Crippen LogP contribution in [0.25, 0.3) is 0 Å². The molecular weight excluding hydrogens is 274 g/mol. The Morgan fingerprint density at radius 3 is 2.86 bits per heavy atom. The van der Waals surface area contributed by atoms with E-state index in [4.69, 9.17) is 4.74 Å². The summed E-state index contributed by atoms with van der Waals surface area (Å²) in [7, 11) is 1.72. The molecule has 4 nitrogen and oxygen atoms in total. The van der Waals surface area contributed by atoms with Gasteiger partial charge in [-0.15, -0.1) is 0 Å². The third kappa shape index (κ3) is 3.45. The van der Waals surface area contributed by atoms with Crippen molar-refractivity contribution in [3.63, 3.8) is 0 Å². The van der Waals surface area contributed by atoms with Crippen LogP contribution in [0.15, 0.2) is 53.8 Å². The molecule has 1 aliphatic rings. The summed E-state index contributed by atoms with van der Waals surface area (Å²) in [5.41, 5.74) is 2.35. The second-order valence-electron chi connectivity index (χ2n) is 5.44. The van der Waals surface area contributed by atoms with Gasteiger partial charge in [-0.25, -0.2) is 0 Å². The average molecular weight is 295 g/mol. The van der Waals surface area contributed by atoms with Crippen molar-refractivity contribution >= 4 is 5.84 Å². The van der Waals surface area contributed by atoms with Crippen molar-refractivity contribution in [2.45, 2.75) is 25.3 Å². The van der Waals surface area contributed by atoms with E-state index in [2.05, 4.69) is 27.4 Å². The summed E-state index contributed by atoms with van der Waals surface area (Å²) in [6.07, 6.45) is 6.73. The Kier molecular flexibility index (Phi) is 4.68. The number of rotatable bonds is 5. The molecule has 114 valence electrons. The van der Waals surface area contributed by atoms with Crippen molar-refractivity contribution in [1.29, 1.82) is 0 Å². The number of nitrogens with zero attached hydrogens (tertiary/aromatic N) is 2. The van der Waals surface area contributed by atoms with Crippen LogP contribution in [0, 0.1) is 0 Å². The van der Waals surface area contributed by atoms with Gasteiger partial charge in [-0.3, -0.25) is 9.98 Å². The Balaban J connectivity index is 1.87. The van der Waals surface area contributed by atoms with Crippen LogP contribution in [0.5, 0.6) is 5.75 Å². The number of methoxy groups -OCH3 is 1. The minimum atomic E-state index is 0.136. The highest BCUT2D eigenvalue weighted by Gasteiger charge is 2.19. The van der Waals surface area contributed by atoms with Crippen LogP contribution in [0.2, 0.25) is 0 Å². The van der Waals surface area contributed by atoms with Crippen molar-refractivity contribution in [3.8, 4) is 5.75 Å². The van der Waals surface area contributed by atoms with Crippen molar-refractivity contribution in [3.05, 3.63) is 59.9 Å². The Morgan fingerprint density at radius 1 is 1.23 bits per heavy atom. The fourth-order valence-electron chi connectivity index (χ4n) is 2.81. The molecule has 1 aromatic heterocycles. The zero-order valence-corrected chi connectivity index (χ0v) is 12.8. The maximum atomic E-state index is 5.53. The van der Waals surface area contributed by atoms with Gasteiger partial charge in [0.15, 0.2) is 0 Å². The highest BCUT2D eigenvalue weighted by atomic mass is 16.5. The van der Waals surface area contributed by atoms with Gasteiger partial charge in [0, 0.05) is 30.9 Å². The first-order valence-corrected chi connectivity index (χ1v) is 7.68. The number of hydrogen-bond acceptors (Lipinski definition) is 4. The molecule has 0 aliphatic carbocycles. The summed E-state index contributed by atoms with van der Waals surface area (Å²) in [4.78, 5) is 8.76. The van der Waals surface area contributed by atoms with Crippen LogP contribution in [0.1, 0.15) is 30.0 Å². The molecule has 0 amide bonds. The summed E-state index contributed by atoms with van der Waals surface area (Å²) in [6, 6.07) is 12.4. The lowest BCUT2D eigenvalue weighted by Crippen LogP contribution is -2.29. The standard InChI is InChI=1S/C18H21N3O/c1-22-17-8-3-2-7-15(17)16(21-18-9-5-11-20-18)12-14-6-4-10-19-13-14/h2-4,6-8,10,13,16H,5,9,11-12H2,1H3,(H,20,21). The molecule has 0 fully saturated rings. The summed E-state index contributed by atoms with van der Waals surface area (Å²) < 4.78 is 5.53. The second-order valence-corrected chi connectivity index (χ2v) is 5.44. The molecule has 4 heteroatoms. The normalized spacial score (nSPS) is 15.2. The smallest absolute Gasteiger partial charge is 0.124 e. The summed E-state index contributed by atoms with van der Waals surface area (Å²) in [6.45, 7) is 0.924. The molecular formula is C18H21N3O. The largest absolute Gasteiger partial charge is 0.496 e. The first kappa shape index (κ1) is 14.6. The number of aliphatic imine (C=N–C) groups is 1. The minimum absolute atomic E-state index is 0.136. The van der Waals surface area contributed by atoms with Crippen LogP contribution in [-0.4, -0.2) is 24.5 Å². The van der Waals surface area contributed by atoms with Gasteiger partial charge >= 0.3 is 0 Å². The number of pyridine rings is 1. The van der Waals surface area contributed by atoms with Crippen LogP contribution >= 0.6 is 0 Å². The van der Waals surface area contributed by atoms with E-state index in [-0.39, 0.29) is 6.04 Å². The van der Waals surface area contributed by atoms with Gasteiger partial charge in [0.1, 0.15) is 5.75 Å². The minimum Gasteiger partial charge on any atom is -0.496 e. The molecule has 0 saturated heterocycles. The Hall–Kier alpha value is -2.36. The number of hydrogen-bond donors (Lipinski definition) is 1. The van der Waals surface area contributed by atoms with Crippen molar-refractivity contribution in [1.82, 2.24) is 10.3 Å². The molecule has 1 aromatic carbocycles. The van der Waals surface area contributed by atoms with E-state index >= 15 is 0 Å². The highest BCUT2D eigenvalue weighted by Crippen LogP contribution is 2.28. The number of nitrogens with one attached hydrogen (secondary N) is 1. The van der Waals surface area contributed by atoms with Gasteiger partial charge < -0.3 is 10.1 Å². The predicted molar refractivity (Wildman–Crippen MR) is 88.3 cm³/mol. The number of benzene rings is 1. The Bertz CT molecular complexity index is 640. The van der Waals surface area contributed by atoms with Crippen molar-refractivity contribution in [2.75, 3.05) is 13.7 Å². The molecule has 1 N–H and O–H groups in total. The zero-order chi connectivity index (χ0) is 15.2. The van der Waals surface area contributed by atoms with E-state index in [0.717, 1.165) is 43.0 Å². The monoisotopic (exact) mass is 295 g/mol. The second kappa shape index (κ2) is 7.07. The van der Waals surface area contributed by atoms with Crippen LogP contribution in [0.3, 0.4) is 0 Å². The van der Waals surface area contributed by atoms with E-state index in [1.54, 1.807) is 13.3 Å². The lowest BCUT2D eigenvalue weighted by Gasteiger charge is -2.22. The van der Waals surface area contributed by atoms with E-state index in [9.17, 15) is 0 Å². The molecule has 22 heavy (non-hydrogen) atoms. The predicted octanol–water partition coefficient (Wildman–Crippen LogP) is 3.16. The van der Waals surface area contributed by atoms with Crippen LogP contribution in [-0.2, 0) is 6.42 Å². The molecule has 3 rings (SSSR count). The molecule has 1 aliphatic heterocycles. The third-order valence-electron chi connectivity index (χ3n) is 3.89. The Labute approximate surface area is 131 Å². The first-order valence-electron chi connectivity index (χ1n) is 7.68. The van der Waals surface area contributed by atoms with Crippen LogP contribution < -0.4 is 10.1 Å². The molecule has 0 saturated carbocycles. The maximum Gasteiger partial charge on any atom is 0.124 e. The van der Waals surface area contributed by atoms with E-state index in [1.807, 2.05) is 30.5 Å². The lowest BCUT2D eigenvalue weighted by atomic mass is 9.98. The average Bonchev–Trinajstić information content (AvgIpc) is 3.08. The number of ether oxygens (including phenoxy) is 1. The first-order chi connectivity index (χ1) is 10.9. The molecule has 1 atom stereocenters. The van der Waals surface area contributed by atoms with E-state index in [1.165, 1.54) is 5.56 Å². The van der Waals surface area contributed by atoms with Gasteiger partial charge in [-0.1, -0.05) is 24.3 Å². The molecule has 1 unspecified atom stereocenters. The van der Waals surface area contributed by atoms with Gasteiger partial charge in [-0.05, 0) is 30.5 Å². The van der Waals surface area contributed by atoms with Crippen molar-refractivity contribution in [2.24, 2.45) is 4.99 Å². The summed E-state index contributed by atoms with van der Waals surface area (Å²) >= 11 is 0. The number of aromatic nitrogens is 1. The Morgan fingerprint density at radius 2 is 2.14 bits per heavy atom. The van der Waals surface area contributed by atoms with Gasteiger partial charge in [0.05, 0.1) is 19.0 Å². The highest BCUT2D eigenvalue weighted by molar-refractivity contribution is 5.84. The topological polar surface area (TPSA) is 46.5 Å². The fourth-order valence-corrected chi connectivity index (χ4v) is 2.81. The van der Waals surface area contributed by atoms with Gasteiger partial charge in [0.2, 0.25) is 0 Å². The van der Waals surface area contributed by atoms with Crippen LogP contribution in [0.4, 0.5) is 0 Å². The molecule has 0 spiro atoms. The van der Waals surface area contributed by atoms with E-state index in [0.29, 0.717) is 0 Å². The third-order valence-corrected chi connectivity index (χ3v) is 3.89. The van der Waals surface area contributed by atoms with Gasteiger partial charge in [0.25, 0.3) is 0 Å². The summed E-state index contributed by atoms with van der Waals surface area (Å²) in [5, 5.41) is 3.60. The zero-order valence-electron chi connectivity index (χ0n) is 12.8. The summed E-state index contributed by atoms with van der Waals surface area (Å²) in [5.74, 6) is 2.00. The molecule has 2 aromatic rings. The van der Waals surface area contributed by atoms with Gasteiger partial charge in [-0.2, -0.15) is 0 Å². The number of para-hydroxylation sites is 1. The quantitative estimate of drug-likeness (QED) is 0.921. The lowest BCUT2D eigenvalue weighted by molar-refractivity contribution is 0.403. The SMILES string of the molecule is COc1ccccc1C(Cc1cccnc1)NC1=NCCC1. The fraction of sp³-hybridized carbons (Fsp3) is 0.333. The number of amidine groups is 1. The molecule has 0 radical (unpaired) electrons. The van der Waals surface area contributed by atoms with Crippen molar-refractivity contribution < 1.29 is 4.74 Å². The molecule has 2 heterocycles.